The number of fused-ring (bicyclic) bond motifs is 1. The predicted octanol–water partition coefficient (Wildman–Crippen LogP) is 4.36. The Morgan fingerprint density at radius 2 is 2.07 bits per heavy atom. The number of thiazole rings is 1. The van der Waals surface area contributed by atoms with Crippen molar-refractivity contribution in [2.75, 3.05) is 12.4 Å². The minimum absolute atomic E-state index is 0.0898. The van der Waals surface area contributed by atoms with Crippen LogP contribution in [-0.4, -0.2) is 29.1 Å². The molecule has 2 N–H and O–H groups in total. The van der Waals surface area contributed by atoms with Crippen LogP contribution in [0.15, 0.2) is 11.6 Å². The molecule has 0 aliphatic carbocycles. The molecule has 2 aromatic rings. The third kappa shape index (κ3) is 4.33. The number of phenolic OH excluding ortho intramolecular Hbond substituents is 1. The molecule has 1 aliphatic heterocycles. The molecule has 1 aromatic heterocycles. The van der Waals surface area contributed by atoms with Crippen LogP contribution >= 0.6 is 11.3 Å². The number of nitrogens with zero attached hydrogens (tertiary/aromatic N) is 1. The van der Waals surface area contributed by atoms with E-state index < -0.39 is 5.97 Å². The first kappa shape index (κ1) is 21.8. The summed E-state index contributed by atoms with van der Waals surface area (Å²) in [4.78, 5) is 29.6. The Kier molecular flexibility index (Phi) is 6.45. The van der Waals surface area contributed by atoms with Gasteiger partial charge in [0.25, 0.3) is 0 Å². The molecule has 30 heavy (non-hydrogen) atoms. The van der Waals surface area contributed by atoms with Crippen molar-refractivity contribution in [3.63, 3.8) is 0 Å². The molecular formula is C22H26N2O5S. The van der Waals surface area contributed by atoms with Gasteiger partial charge in [-0.2, -0.15) is 0 Å². The number of benzene rings is 1. The van der Waals surface area contributed by atoms with E-state index in [2.05, 4.69) is 10.3 Å². The molecule has 0 unspecified atom stereocenters. The van der Waals surface area contributed by atoms with E-state index in [1.807, 2.05) is 33.8 Å². The van der Waals surface area contributed by atoms with Gasteiger partial charge >= 0.3 is 5.97 Å². The van der Waals surface area contributed by atoms with Crippen molar-refractivity contribution in [1.82, 2.24) is 4.98 Å². The number of methoxy groups -OCH3 is 1. The highest BCUT2D eigenvalue weighted by Gasteiger charge is 2.31. The van der Waals surface area contributed by atoms with Gasteiger partial charge in [0.15, 0.2) is 5.13 Å². The fraction of sp³-hybridized carbons (Fsp3) is 0.409. The third-order valence-electron chi connectivity index (χ3n) is 5.32. The highest BCUT2D eigenvalue weighted by molar-refractivity contribution is 7.15. The van der Waals surface area contributed by atoms with E-state index in [0.717, 1.165) is 21.7 Å². The van der Waals surface area contributed by atoms with Gasteiger partial charge in [-0.15, -0.1) is 11.3 Å². The van der Waals surface area contributed by atoms with E-state index in [1.54, 1.807) is 0 Å². The van der Waals surface area contributed by atoms with Crippen molar-refractivity contribution in [2.24, 2.45) is 0 Å². The summed E-state index contributed by atoms with van der Waals surface area (Å²) in [5, 5.41) is 14.1. The molecule has 0 saturated heterocycles. The minimum atomic E-state index is -0.514. The molecule has 3 rings (SSSR count). The van der Waals surface area contributed by atoms with Crippen LogP contribution in [-0.2, 0) is 22.6 Å². The number of hydrogen-bond donors (Lipinski definition) is 2. The highest BCUT2D eigenvalue weighted by Crippen LogP contribution is 2.42. The topological polar surface area (TPSA) is 97.8 Å². The van der Waals surface area contributed by atoms with Crippen LogP contribution < -0.4 is 10.1 Å². The average Bonchev–Trinajstić information content (AvgIpc) is 3.23. The Balaban J connectivity index is 1.68. The summed E-state index contributed by atoms with van der Waals surface area (Å²) >= 11 is 1.46. The van der Waals surface area contributed by atoms with Crippen molar-refractivity contribution in [1.29, 1.82) is 0 Å². The summed E-state index contributed by atoms with van der Waals surface area (Å²) in [7, 11) is 1.54. The second-order valence-corrected chi connectivity index (χ2v) is 8.58. The van der Waals surface area contributed by atoms with Crippen LogP contribution in [0.25, 0.3) is 0 Å². The number of cyclic esters (lactones) is 1. The Morgan fingerprint density at radius 3 is 2.70 bits per heavy atom. The number of carbonyl (C=O) groups excluding carboxylic acids is 2. The van der Waals surface area contributed by atoms with Gasteiger partial charge in [0.05, 0.1) is 12.8 Å². The van der Waals surface area contributed by atoms with Gasteiger partial charge in [0.1, 0.15) is 23.7 Å². The smallest absolute Gasteiger partial charge is 0.342 e. The lowest BCUT2D eigenvalue weighted by molar-refractivity contribution is -0.116. The SMILES string of the molecule is COc1c(C)c2c(c(O)c1C/C=C(\C)CCC(=O)Nc1nc(C)c(C)s1)C(=O)OC2. The number of rotatable bonds is 7. The first-order chi connectivity index (χ1) is 14.2. The van der Waals surface area contributed by atoms with Gasteiger partial charge < -0.3 is 19.9 Å². The van der Waals surface area contributed by atoms with E-state index in [4.69, 9.17) is 9.47 Å². The molecule has 0 spiro atoms. The fourth-order valence-corrected chi connectivity index (χ4v) is 4.26. The zero-order valence-corrected chi connectivity index (χ0v) is 18.7. The van der Waals surface area contributed by atoms with Gasteiger partial charge in [0.2, 0.25) is 5.91 Å². The number of ether oxygens (including phenoxy) is 2. The monoisotopic (exact) mass is 430 g/mol. The molecular weight excluding hydrogens is 404 g/mol. The minimum Gasteiger partial charge on any atom is -0.507 e. The summed E-state index contributed by atoms with van der Waals surface area (Å²) in [6, 6.07) is 0. The number of allylic oxidation sites excluding steroid dienone is 2. The number of carbonyl (C=O) groups is 2. The number of phenols is 1. The van der Waals surface area contributed by atoms with Gasteiger partial charge in [-0.1, -0.05) is 11.6 Å². The number of amides is 1. The number of aromatic nitrogens is 1. The second kappa shape index (κ2) is 8.87. The van der Waals surface area contributed by atoms with E-state index >= 15 is 0 Å². The van der Waals surface area contributed by atoms with Crippen LogP contribution in [0.3, 0.4) is 0 Å². The number of anilines is 1. The Bertz CT molecular complexity index is 1020. The van der Waals surface area contributed by atoms with Crippen LogP contribution in [0, 0.1) is 20.8 Å². The first-order valence-electron chi connectivity index (χ1n) is 9.70. The van der Waals surface area contributed by atoms with Crippen LogP contribution in [0.4, 0.5) is 5.13 Å². The summed E-state index contributed by atoms with van der Waals surface area (Å²) < 4.78 is 10.6. The number of nitrogens with one attached hydrogen (secondary N) is 1. The number of hydrogen-bond acceptors (Lipinski definition) is 7. The molecule has 1 amide bonds. The number of aromatic hydroxyl groups is 1. The van der Waals surface area contributed by atoms with E-state index in [1.165, 1.54) is 18.4 Å². The lowest BCUT2D eigenvalue weighted by atomic mass is 9.94. The molecule has 0 radical (unpaired) electrons. The van der Waals surface area contributed by atoms with Crippen molar-refractivity contribution < 1.29 is 24.2 Å². The molecule has 1 aromatic carbocycles. The predicted molar refractivity (Wildman–Crippen MR) is 115 cm³/mol. The molecule has 1 aliphatic rings. The Hall–Kier alpha value is -2.87. The summed E-state index contributed by atoms with van der Waals surface area (Å²) in [6.07, 6.45) is 3.23. The quantitative estimate of drug-likeness (QED) is 0.500. The molecule has 2 heterocycles. The van der Waals surface area contributed by atoms with Crippen molar-refractivity contribution >= 4 is 28.3 Å². The summed E-state index contributed by atoms with van der Waals surface area (Å²) in [5.74, 6) is -0.139. The molecule has 160 valence electrons. The van der Waals surface area contributed by atoms with Crippen molar-refractivity contribution in [3.05, 3.63) is 44.5 Å². The maximum atomic E-state index is 12.2. The Morgan fingerprint density at radius 1 is 1.33 bits per heavy atom. The number of esters is 1. The maximum Gasteiger partial charge on any atom is 0.342 e. The van der Waals surface area contributed by atoms with E-state index in [9.17, 15) is 14.7 Å². The average molecular weight is 431 g/mol. The van der Waals surface area contributed by atoms with Gasteiger partial charge in [-0.3, -0.25) is 4.79 Å². The third-order valence-corrected chi connectivity index (χ3v) is 6.31. The fourth-order valence-electron chi connectivity index (χ4n) is 3.43. The summed E-state index contributed by atoms with van der Waals surface area (Å²) in [6.45, 7) is 7.82. The molecule has 0 atom stereocenters. The molecule has 0 bridgehead atoms. The Labute approximate surface area is 179 Å². The lowest BCUT2D eigenvalue weighted by Gasteiger charge is -2.15. The van der Waals surface area contributed by atoms with E-state index in [-0.39, 0.29) is 23.8 Å². The normalized spacial score (nSPS) is 13.2. The van der Waals surface area contributed by atoms with Crippen molar-refractivity contribution in [3.8, 4) is 11.5 Å². The van der Waals surface area contributed by atoms with Crippen LogP contribution in [0.2, 0.25) is 0 Å². The lowest BCUT2D eigenvalue weighted by Crippen LogP contribution is -2.11. The van der Waals surface area contributed by atoms with Gasteiger partial charge in [-0.25, -0.2) is 9.78 Å². The van der Waals surface area contributed by atoms with Crippen molar-refractivity contribution in [2.45, 2.75) is 53.6 Å². The van der Waals surface area contributed by atoms with Crippen LogP contribution in [0.1, 0.15) is 57.4 Å². The molecule has 0 fully saturated rings. The largest absolute Gasteiger partial charge is 0.507 e. The summed E-state index contributed by atoms with van der Waals surface area (Å²) in [5.41, 5.74) is 4.16. The maximum absolute atomic E-state index is 12.2. The molecule has 8 heteroatoms. The first-order valence-corrected chi connectivity index (χ1v) is 10.5. The molecule has 0 saturated carbocycles. The zero-order chi connectivity index (χ0) is 22.0. The second-order valence-electron chi connectivity index (χ2n) is 7.38. The standard InChI is InChI=1S/C22H26N2O5S/c1-11(7-9-17(25)24-22-23-13(3)14(4)30-22)6-8-15-19(26)18-16(10-29-21(18)27)12(2)20(15)28-5/h6,26H,7-10H2,1-5H3,(H,23,24,25)/b11-6+. The van der Waals surface area contributed by atoms with Gasteiger partial charge in [0, 0.05) is 22.4 Å². The highest BCUT2D eigenvalue weighted by atomic mass is 32.1. The van der Waals surface area contributed by atoms with E-state index in [0.29, 0.717) is 41.3 Å². The van der Waals surface area contributed by atoms with Gasteiger partial charge in [-0.05, 0) is 46.1 Å². The van der Waals surface area contributed by atoms with Crippen LogP contribution in [0.5, 0.6) is 11.5 Å². The zero-order valence-electron chi connectivity index (χ0n) is 17.8. The number of aryl methyl sites for hydroxylation is 2. The molecule has 7 nitrogen and oxygen atoms in total.